The van der Waals surface area contributed by atoms with Crippen LogP contribution in [0.25, 0.3) is 0 Å². The Morgan fingerprint density at radius 3 is 2.53 bits per heavy atom. The van der Waals surface area contributed by atoms with Crippen molar-refractivity contribution in [2.45, 2.75) is 39.3 Å². The Morgan fingerprint density at radius 2 is 2.05 bits per heavy atom. The minimum Gasteiger partial charge on any atom is -0.352 e. The van der Waals surface area contributed by atoms with E-state index in [1.165, 1.54) is 6.33 Å². The number of primary amides is 1. The van der Waals surface area contributed by atoms with Crippen molar-refractivity contribution < 1.29 is 9.59 Å². The van der Waals surface area contributed by atoms with Gasteiger partial charge in [0.15, 0.2) is 0 Å². The van der Waals surface area contributed by atoms with Gasteiger partial charge in [-0.2, -0.15) is 5.10 Å². The van der Waals surface area contributed by atoms with Crippen LogP contribution in [0.3, 0.4) is 0 Å². The van der Waals surface area contributed by atoms with Gasteiger partial charge in [-0.25, -0.2) is 9.78 Å². The van der Waals surface area contributed by atoms with Gasteiger partial charge >= 0.3 is 6.03 Å². The summed E-state index contributed by atoms with van der Waals surface area (Å²) in [7, 11) is 0. The lowest BCUT2D eigenvalue weighted by atomic mass is 10.0. The third-order valence-corrected chi connectivity index (χ3v) is 2.54. The number of H-pyrrole nitrogens is 1. The summed E-state index contributed by atoms with van der Waals surface area (Å²) in [6.45, 7) is 5.70. The Kier molecular flexibility index (Phi) is 5.28. The molecule has 0 saturated carbocycles. The molecule has 1 aromatic rings. The molecule has 19 heavy (non-hydrogen) atoms. The van der Waals surface area contributed by atoms with Crippen LogP contribution in [0.4, 0.5) is 4.79 Å². The topological polar surface area (TPSA) is 126 Å². The number of nitrogens with one attached hydrogen (secondary N) is 3. The smallest absolute Gasteiger partial charge is 0.312 e. The second-order valence-electron chi connectivity index (χ2n) is 4.79. The first kappa shape index (κ1) is 14.9. The summed E-state index contributed by atoms with van der Waals surface area (Å²) < 4.78 is 0. The predicted molar refractivity (Wildman–Crippen MR) is 68.9 cm³/mol. The molecule has 0 saturated heterocycles. The molecule has 2 unspecified atom stereocenters. The highest BCUT2D eigenvalue weighted by atomic mass is 16.2. The quantitative estimate of drug-likeness (QED) is 0.582. The number of nitrogens with zero attached hydrogens (tertiary/aromatic N) is 2. The summed E-state index contributed by atoms with van der Waals surface area (Å²) in [5.74, 6) is 0.510. The van der Waals surface area contributed by atoms with E-state index in [1.807, 2.05) is 13.8 Å². The lowest BCUT2D eigenvalue weighted by Crippen LogP contribution is -2.49. The highest BCUT2D eigenvalue weighted by Gasteiger charge is 2.23. The standard InChI is InChI=1S/C11H20N6O2/c1-6(2)4-8(16-11(12)19)10(18)15-7(3)9-13-5-14-17-9/h5-8H,4H2,1-3H3,(H,15,18)(H3,12,16,19)(H,13,14,17). The number of carbonyl (C=O) groups excluding carboxylic acids is 2. The zero-order valence-corrected chi connectivity index (χ0v) is 11.3. The van der Waals surface area contributed by atoms with Crippen LogP contribution >= 0.6 is 0 Å². The lowest BCUT2D eigenvalue weighted by molar-refractivity contribution is -0.124. The van der Waals surface area contributed by atoms with Crippen LogP contribution < -0.4 is 16.4 Å². The van der Waals surface area contributed by atoms with Crippen molar-refractivity contribution in [1.29, 1.82) is 0 Å². The zero-order valence-electron chi connectivity index (χ0n) is 11.3. The first-order valence-corrected chi connectivity index (χ1v) is 6.11. The maximum atomic E-state index is 12.1. The molecule has 0 aromatic carbocycles. The van der Waals surface area contributed by atoms with E-state index in [0.717, 1.165) is 0 Å². The number of carbonyl (C=O) groups is 2. The Labute approximate surface area is 111 Å². The van der Waals surface area contributed by atoms with E-state index in [2.05, 4.69) is 25.8 Å². The first-order valence-electron chi connectivity index (χ1n) is 6.11. The van der Waals surface area contributed by atoms with Gasteiger partial charge in [-0.1, -0.05) is 13.8 Å². The van der Waals surface area contributed by atoms with Gasteiger partial charge in [0.2, 0.25) is 5.91 Å². The van der Waals surface area contributed by atoms with Crippen LogP contribution in [0.5, 0.6) is 0 Å². The van der Waals surface area contributed by atoms with E-state index >= 15 is 0 Å². The molecule has 8 heteroatoms. The molecule has 106 valence electrons. The maximum Gasteiger partial charge on any atom is 0.312 e. The van der Waals surface area contributed by atoms with Crippen molar-refractivity contribution in [3.8, 4) is 0 Å². The Morgan fingerprint density at radius 1 is 1.37 bits per heavy atom. The number of urea groups is 1. The average molecular weight is 268 g/mol. The number of aromatic amines is 1. The monoisotopic (exact) mass is 268 g/mol. The zero-order chi connectivity index (χ0) is 14.4. The second kappa shape index (κ2) is 6.72. The molecule has 1 heterocycles. The summed E-state index contributed by atoms with van der Waals surface area (Å²) in [6, 6.07) is -1.68. The van der Waals surface area contributed by atoms with E-state index in [4.69, 9.17) is 5.73 Å². The third kappa shape index (κ3) is 4.94. The van der Waals surface area contributed by atoms with Gasteiger partial charge in [-0.3, -0.25) is 9.89 Å². The molecule has 5 N–H and O–H groups in total. The van der Waals surface area contributed by atoms with Crippen LogP contribution in [-0.4, -0.2) is 33.2 Å². The third-order valence-electron chi connectivity index (χ3n) is 2.54. The van der Waals surface area contributed by atoms with Crippen LogP contribution in [0.2, 0.25) is 0 Å². The number of rotatable bonds is 6. The van der Waals surface area contributed by atoms with Crippen molar-refractivity contribution >= 4 is 11.9 Å². The molecule has 0 fully saturated rings. The molecule has 3 amide bonds. The van der Waals surface area contributed by atoms with E-state index in [9.17, 15) is 9.59 Å². The number of nitrogens with two attached hydrogens (primary N) is 1. The van der Waals surface area contributed by atoms with Crippen molar-refractivity contribution in [2.75, 3.05) is 0 Å². The Hall–Kier alpha value is -2.12. The largest absolute Gasteiger partial charge is 0.352 e. The van der Waals surface area contributed by atoms with E-state index in [-0.39, 0.29) is 17.9 Å². The lowest BCUT2D eigenvalue weighted by Gasteiger charge is -2.21. The van der Waals surface area contributed by atoms with Crippen molar-refractivity contribution in [3.05, 3.63) is 12.2 Å². The summed E-state index contributed by atoms with van der Waals surface area (Å²) in [6.07, 6.45) is 1.88. The van der Waals surface area contributed by atoms with Gasteiger partial charge in [0.25, 0.3) is 0 Å². The van der Waals surface area contributed by atoms with Gasteiger partial charge < -0.3 is 16.4 Å². The summed E-state index contributed by atoms with van der Waals surface area (Å²) >= 11 is 0. The maximum absolute atomic E-state index is 12.1. The summed E-state index contributed by atoms with van der Waals surface area (Å²) in [5, 5.41) is 11.6. The molecule has 0 aliphatic carbocycles. The molecular weight excluding hydrogens is 248 g/mol. The van der Waals surface area contributed by atoms with Crippen LogP contribution in [0, 0.1) is 5.92 Å². The highest BCUT2D eigenvalue weighted by Crippen LogP contribution is 2.08. The van der Waals surface area contributed by atoms with Crippen molar-refractivity contribution in [3.63, 3.8) is 0 Å². The van der Waals surface area contributed by atoms with Crippen LogP contribution in [0.15, 0.2) is 6.33 Å². The van der Waals surface area contributed by atoms with Gasteiger partial charge in [-0.05, 0) is 19.3 Å². The summed E-state index contributed by atoms with van der Waals surface area (Å²) in [5.41, 5.74) is 5.07. The first-order chi connectivity index (χ1) is 8.90. The minimum atomic E-state index is -0.715. The molecule has 0 spiro atoms. The molecule has 0 bridgehead atoms. The summed E-state index contributed by atoms with van der Waals surface area (Å²) in [4.78, 5) is 26.9. The fourth-order valence-electron chi connectivity index (χ4n) is 1.68. The molecule has 0 radical (unpaired) electrons. The van der Waals surface area contributed by atoms with Crippen LogP contribution in [0.1, 0.15) is 39.1 Å². The molecular formula is C11H20N6O2. The molecule has 1 aromatic heterocycles. The second-order valence-corrected chi connectivity index (χ2v) is 4.79. The number of hydrogen-bond acceptors (Lipinski definition) is 4. The number of amides is 3. The number of aromatic nitrogens is 3. The predicted octanol–water partition coefficient (Wildman–Crippen LogP) is 0.0649. The van der Waals surface area contributed by atoms with E-state index in [0.29, 0.717) is 12.2 Å². The van der Waals surface area contributed by atoms with Crippen molar-refractivity contribution in [1.82, 2.24) is 25.8 Å². The highest BCUT2D eigenvalue weighted by molar-refractivity contribution is 5.86. The fourth-order valence-corrected chi connectivity index (χ4v) is 1.68. The van der Waals surface area contributed by atoms with E-state index in [1.54, 1.807) is 6.92 Å². The Bertz CT molecular complexity index is 417. The minimum absolute atomic E-state index is 0.253. The molecule has 0 aliphatic heterocycles. The van der Waals surface area contributed by atoms with E-state index < -0.39 is 12.1 Å². The molecule has 8 nitrogen and oxygen atoms in total. The molecule has 2 atom stereocenters. The van der Waals surface area contributed by atoms with Crippen LogP contribution in [-0.2, 0) is 4.79 Å². The normalized spacial score (nSPS) is 13.9. The fraction of sp³-hybridized carbons (Fsp3) is 0.636. The average Bonchev–Trinajstić information content (AvgIpc) is 2.79. The van der Waals surface area contributed by atoms with Gasteiger partial charge in [0.1, 0.15) is 18.2 Å². The molecule has 1 rings (SSSR count). The van der Waals surface area contributed by atoms with Gasteiger partial charge in [-0.15, -0.1) is 0 Å². The van der Waals surface area contributed by atoms with Gasteiger partial charge in [0, 0.05) is 0 Å². The SMILES string of the molecule is CC(C)CC(NC(N)=O)C(=O)NC(C)c1ncn[nH]1. The molecule has 0 aliphatic rings. The number of hydrogen-bond donors (Lipinski definition) is 4. The van der Waals surface area contributed by atoms with Gasteiger partial charge in [0.05, 0.1) is 6.04 Å². The Balaban J connectivity index is 2.63. The van der Waals surface area contributed by atoms with Crippen molar-refractivity contribution in [2.24, 2.45) is 11.7 Å².